The Labute approximate surface area is 88.1 Å². The molecule has 1 fully saturated rings. The van der Waals surface area contributed by atoms with Crippen molar-refractivity contribution in [2.45, 2.75) is 38.1 Å². The average Bonchev–Trinajstić information content (AvgIpc) is 2.70. The van der Waals surface area contributed by atoms with Gasteiger partial charge in [-0.25, -0.2) is 4.68 Å². The number of carboxylic acid groups (broad SMARTS) is 1. The van der Waals surface area contributed by atoms with Crippen molar-refractivity contribution in [3.8, 4) is 0 Å². The molecule has 0 amide bonds. The first kappa shape index (κ1) is 10.1. The molecule has 0 aliphatic heterocycles. The first-order valence-corrected chi connectivity index (χ1v) is 5.35. The van der Waals surface area contributed by atoms with E-state index >= 15 is 0 Å². The Kier molecular flexibility index (Phi) is 2.99. The van der Waals surface area contributed by atoms with Crippen LogP contribution in [0.25, 0.3) is 0 Å². The van der Waals surface area contributed by atoms with Crippen LogP contribution in [-0.4, -0.2) is 26.1 Å². The fourth-order valence-electron chi connectivity index (χ4n) is 2.39. The van der Waals surface area contributed by atoms with Crippen molar-refractivity contribution in [3.05, 3.63) is 12.4 Å². The van der Waals surface area contributed by atoms with Gasteiger partial charge in [-0.05, 0) is 18.8 Å². The van der Waals surface area contributed by atoms with Crippen LogP contribution in [0.3, 0.4) is 0 Å². The van der Waals surface area contributed by atoms with Crippen LogP contribution in [-0.2, 0) is 4.79 Å². The zero-order valence-electron chi connectivity index (χ0n) is 8.54. The van der Waals surface area contributed by atoms with Crippen molar-refractivity contribution < 1.29 is 9.90 Å². The van der Waals surface area contributed by atoms with Crippen LogP contribution in [0.1, 0.15) is 38.1 Å². The quantitative estimate of drug-likeness (QED) is 0.818. The van der Waals surface area contributed by atoms with E-state index in [1.54, 1.807) is 6.20 Å². The molecule has 0 bridgehead atoms. The van der Waals surface area contributed by atoms with E-state index in [0.29, 0.717) is 0 Å². The molecule has 1 N–H and O–H groups in total. The van der Waals surface area contributed by atoms with Crippen LogP contribution < -0.4 is 0 Å². The third-order valence-corrected chi connectivity index (χ3v) is 3.09. The Bertz CT molecular complexity index is 323. The fourth-order valence-corrected chi connectivity index (χ4v) is 2.39. The smallest absolute Gasteiger partial charge is 0.303 e. The summed E-state index contributed by atoms with van der Waals surface area (Å²) in [6.07, 6.45) is 7.99. The summed E-state index contributed by atoms with van der Waals surface area (Å²) >= 11 is 0. The van der Waals surface area contributed by atoms with Crippen molar-refractivity contribution in [3.63, 3.8) is 0 Å². The van der Waals surface area contributed by atoms with E-state index in [1.807, 2.05) is 10.9 Å². The molecule has 2 unspecified atom stereocenters. The number of nitrogens with zero attached hydrogens (tertiary/aromatic N) is 3. The molecule has 0 saturated heterocycles. The van der Waals surface area contributed by atoms with Gasteiger partial charge < -0.3 is 5.11 Å². The highest BCUT2D eigenvalue weighted by atomic mass is 16.4. The van der Waals surface area contributed by atoms with Crippen LogP contribution in [0.4, 0.5) is 0 Å². The number of carbonyl (C=O) groups is 1. The Morgan fingerprint density at radius 2 is 2.27 bits per heavy atom. The SMILES string of the molecule is O=C(O)CC1CCCCC1n1ccnn1. The Morgan fingerprint density at radius 1 is 1.47 bits per heavy atom. The molecule has 1 saturated carbocycles. The number of hydrogen-bond donors (Lipinski definition) is 1. The van der Waals surface area contributed by atoms with Gasteiger partial charge in [-0.3, -0.25) is 4.79 Å². The molecule has 82 valence electrons. The lowest BCUT2D eigenvalue weighted by molar-refractivity contribution is -0.138. The van der Waals surface area contributed by atoms with Gasteiger partial charge in [0.15, 0.2) is 0 Å². The lowest BCUT2D eigenvalue weighted by atomic mass is 9.82. The van der Waals surface area contributed by atoms with Gasteiger partial charge in [0.25, 0.3) is 0 Å². The minimum atomic E-state index is -0.716. The summed E-state index contributed by atoms with van der Waals surface area (Å²) in [5.74, 6) is -0.509. The normalized spacial score (nSPS) is 26.4. The van der Waals surface area contributed by atoms with Crippen molar-refractivity contribution >= 4 is 5.97 Å². The first-order chi connectivity index (χ1) is 7.27. The van der Waals surface area contributed by atoms with E-state index in [-0.39, 0.29) is 18.4 Å². The molecular weight excluding hydrogens is 194 g/mol. The maximum Gasteiger partial charge on any atom is 0.303 e. The number of hydrogen-bond acceptors (Lipinski definition) is 3. The van der Waals surface area contributed by atoms with Gasteiger partial charge in [-0.15, -0.1) is 5.10 Å². The van der Waals surface area contributed by atoms with Crippen molar-refractivity contribution in [2.75, 3.05) is 0 Å². The second-order valence-corrected chi connectivity index (χ2v) is 4.09. The minimum Gasteiger partial charge on any atom is -0.481 e. The van der Waals surface area contributed by atoms with Crippen molar-refractivity contribution in [2.24, 2.45) is 5.92 Å². The predicted octanol–water partition coefficient (Wildman–Crippen LogP) is 1.48. The summed E-state index contributed by atoms with van der Waals surface area (Å²) in [6, 6.07) is 0.220. The molecule has 1 aliphatic carbocycles. The van der Waals surface area contributed by atoms with Crippen molar-refractivity contribution in [1.82, 2.24) is 15.0 Å². The van der Waals surface area contributed by atoms with Gasteiger partial charge in [-0.2, -0.15) is 0 Å². The van der Waals surface area contributed by atoms with Gasteiger partial charge in [0.2, 0.25) is 0 Å². The topological polar surface area (TPSA) is 68.0 Å². The van der Waals surface area contributed by atoms with Crippen LogP contribution >= 0.6 is 0 Å². The van der Waals surface area contributed by atoms with E-state index in [9.17, 15) is 4.79 Å². The zero-order chi connectivity index (χ0) is 10.7. The number of rotatable bonds is 3. The lowest BCUT2D eigenvalue weighted by Gasteiger charge is -2.30. The summed E-state index contributed by atoms with van der Waals surface area (Å²) in [4.78, 5) is 10.7. The number of aliphatic carboxylic acids is 1. The molecule has 0 aromatic carbocycles. The third kappa shape index (κ3) is 2.34. The molecule has 2 atom stereocenters. The monoisotopic (exact) mass is 209 g/mol. The largest absolute Gasteiger partial charge is 0.481 e. The third-order valence-electron chi connectivity index (χ3n) is 3.09. The van der Waals surface area contributed by atoms with Crippen LogP contribution in [0, 0.1) is 5.92 Å². The molecule has 15 heavy (non-hydrogen) atoms. The maximum atomic E-state index is 10.7. The Morgan fingerprint density at radius 3 is 2.93 bits per heavy atom. The minimum absolute atomic E-state index is 0.206. The van der Waals surface area contributed by atoms with E-state index < -0.39 is 5.97 Å². The molecule has 0 spiro atoms. The molecule has 1 aliphatic rings. The maximum absolute atomic E-state index is 10.7. The molecule has 1 aromatic rings. The molecule has 1 aromatic heterocycles. The Balaban J connectivity index is 2.09. The van der Waals surface area contributed by atoms with Gasteiger partial charge >= 0.3 is 5.97 Å². The summed E-state index contributed by atoms with van der Waals surface area (Å²) in [5.41, 5.74) is 0. The van der Waals surface area contributed by atoms with E-state index in [4.69, 9.17) is 5.11 Å². The van der Waals surface area contributed by atoms with Crippen LogP contribution in [0.5, 0.6) is 0 Å². The molecular formula is C10H15N3O2. The molecule has 5 nitrogen and oxygen atoms in total. The van der Waals surface area contributed by atoms with Gasteiger partial charge in [0.05, 0.1) is 18.7 Å². The van der Waals surface area contributed by atoms with Crippen LogP contribution in [0.15, 0.2) is 12.4 Å². The molecule has 1 heterocycles. The highest BCUT2D eigenvalue weighted by Gasteiger charge is 2.28. The van der Waals surface area contributed by atoms with Crippen LogP contribution in [0.2, 0.25) is 0 Å². The van der Waals surface area contributed by atoms with Gasteiger partial charge in [-0.1, -0.05) is 18.1 Å². The number of carboxylic acids is 1. The second-order valence-electron chi connectivity index (χ2n) is 4.09. The number of aromatic nitrogens is 3. The standard InChI is InChI=1S/C10H15N3O2/c14-10(15)7-8-3-1-2-4-9(8)13-6-5-11-12-13/h5-6,8-9H,1-4,7H2,(H,14,15). The van der Waals surface area contributed by atoms with E-state index in [1.165, 1.54) is 0 Å². The van der Waals surface area contributed by atoms with Gasteiger partial charge in [0, 0.05) is 6.20 Å². The Hall–Kier alpha value is -1.39. The summed E-state index contributed by atoms with van der Waals surface area (Å²) in [5, 5.41) is 16.6. The van der Waals surface area contributed by atoms with Gasteiger partial charge in [0.1, 0.15) is 0 Å². The first-order valence-electron chi connectivity index (χ1n) is 5.35. The predicted molar refractivity (Wildman–Crippen MR) is 53.3 cm³/mol. The molecule has 0 radical (unpaired) electrons. The van der Waals surface area contributed by atoms with E-state index in [0.717, 1.165) is 25.7 Å². The molecule has 5 heteroatoms. The second kappa shape index (κ2) is 4.42. The van der Waals surface area contributed by atoms with E-state index in [2.05, 4.69) is 10.3 Å². The highest BCUT2D eigenvalue weighted by molar-refractivity contribution is 5.67. The lowest BCUT2D eigenvalue weighted by Crippen LogP contribution is -2.25. The highest BCUT2D eigenvalue weighted by Crippen LogP contribution is 2.35. The molecule has 2 rings (SSSR count). The zero-order valence-corrected chi connectivity index (χ0v) is 8.54. The fraction of sp³-hybridized carbons (Fsp3) is 0.700. The average molecular weight is 209 g/mol. The summed E-state index contributed by atoms with van der Waals surface area (Å²) < 4.78 is 1.81. The summed E-state index contributed by atoms with van der Waals surface area (Å²) in [6.45, 7) is 0. The van der Waals surface area contributed by atoms with Crippen molar-refractivity contribution in [1.29, 1.82) is 0 Å². The summed E-state index contributed by atoms with van der Waals surface area (Å²) in [7, 11) is 0.